The second-order valence-electron chi connectivity index (χ2n) is 10.3. The first-order valence-electron chi connectivity index (χ1n) is 11.7. The molecule has 9 nitrogen and oxygen atoms in total. The van der Waals surface area contributed by atoms with Gasteiger partial charge in [-0.3, -0.25) is 4.79 Å². The number of alkyl halides is 1. The standard InChI is InChI=1S/C22H39ClN2O7S/c1-10(23)13(19-16(27)15(26)17(28)21(32-19)33-4)25-20(29)14-18-12(9-24-14)7-11(5-6-31-18)8-22(2,3)30/h10-19,21,24,26-28,30H,5-9H2,1-4H3,(H,25,29)/t10-,11+,12-,13+,14-,15?,16-,17+,18+,19+,21?/m0/s1. The van der Waals surface area contributed by atoms with Gasteiger partial charge < -0.3 is 40.5 Å². The second kappa shape index (κ2) is 11.3. The highest BCUT2D eigenvalue weighted by Crippen LogP contribution is 2.35. The summed E-state index contributed by atoms with van der Waals surface area (Å²) >= 11 is 7.59. The number of thioether (sulfide) groups is 1. The Balaban J connectivity index is 1.68. The normalized spacial score (nSPS) is 41.7. The molecule has 11 heteroatoms. The molecule has 192 valence electrons. The van der Waals surface area contributed by atoms with Gasteiger partial charge in [0.25, 0.3) is 0 Å². The van der Waals surface area contributed by atoms with E-state index in [1.165, 1.54) is 11.8 Å². The van der Waals surface area contributed by atoms with Gasteiger partial charge in [0.05, 0.1) is 23.1 Å². The van der Waals surface area contributed by atoms with Crippen LogP contribution in [0.5, 0.6) is 0 Å². The molecule has 3 fully saturated rings. The van der Waals surface area contributed by atoms with Crippen molar-refractivity contribution in [3.63, 3.8) is 0 Å². The van der Waals surface area contributed by atoms with E-state index in [-0.39, 0.29) is 17.9 Å². The van der Waals surface area contributed by atoms with Gasteiger partial charge in [-0.1, -0.05) is 0 Å². The summed E-state index contributed by atoms with van der Waals surface area (Å²) < 4.78 is 11.9. The van der Waals surface area contributed by atoms with Crippen LogP contribution in [-0.4, -0.2) is 105 Å². The Morgan fingerprint density at radius 3 is 2.58 bits per heavy atom. The number of nitrogens with one attached hydrogen (secondary N) is 2. The average Bonchev–Trinajstić information content (AvgIpc) is 3.01. The molecule has 0 aromatic heterocycles. The maximum Gasteiger partial charge on any atom is 0.240 e. The van der Waals surface area contributed by atoms with Gasteiger partial charge in [0, 0.05) is 13.2 Å². The Labute approximate surface area is 204 Å². The molecule has 11 atom stereocenters. The number of hydrogen-bond donors (Lipinski definition) is 6. The number of carbonyl (C=O) groups is 1. The number of hydrogen-bond acceptors (Lipinski definition) is 9. The van der Waals surface area contributed by atoms with E-state index in [4.69, 9.17) is 21.1 Å². The summed E-state index contributed by atoms with van der Waals surface area (Å²) in [7, 11) is 0. The van der Waals surface area contributed by atoms with E-state index >= 15 is 0 Å². The number of rotatable bonds is 7. The highest BCUT2D eigenvalue weighted by atomic mass is 35.5. The zero-order valence-corrected chi connectivity index (χ0v) is 21.3. The number of carbonyl (C=O) groups excluding carboxylic acids is 1. The Bertz CT molecular complexity index is 665. The molecule has 0 saturated carbocycles. The van der Waals surface area contributed by atoms with Crippen LogP contribution in [0.15, 0.2) is 0 Å². The van der Waals surface area contributed by atoms with Crippen molar-refractivity contribution in [3.05, 3.63) is 0 Å². The fourth-order valence-corrected chi connectivity index (χ4v) is 6.25. The monoisotopic (exact) mass is 510 g/mol. The summed E-state index contributed by atoms with van der Waals surface area (Å²) in [6.07, 6.45) is -1.24. The smallest absolute Gasteiger partial charge is 0.240 e. The zero-order chi connectivity index (χ0) is 24.5. The SMILES string of the molecule is CSC1O[C@H]([C@H](NC(=O)[C@H]2NC[C@@H]3C[C@H](CC(C)(C)O)CCO[C@H]32)[C@H](C)Cl)[C@@H](O)C(O)[C@H]1O. The molecule has 0 aliphatic carbocycles. The minimum Gasteiger partial charge on any atom is -0.390 e. The lowest BCUT2D eigenvalue weighted by molar-refractivity contribution is -0.205. The zero-order valence-electron chi connectivity index (χ0n) is 19.7. The lowest BCUT2D eigenvalue weighted by Crippen LogP contribution is -2.65. The molecule has 0 spiro atoms. The third kappa shape index (κ3) is 6.54. The van der Waals surface area contributed by atoms with Crippen LogP contribution in [0, 0.1) is 11.8 Å². The fraction of sp³-hybridized carbons (Fsp3) is 0.955. The summed E-state index contributed by atoms with van der Waals surface area (Å²) in [6.45, 7) is 6.46. The Kier molecular flexibility index (Phi) is 9.36. The summed E-state index contributed by atoms with van der Waals surface area (Å²) in [6, 6.07) is -1.37. The minimum atomic E-state index is -1.41. The van der Waals surface area contributed by atoms with Crippen molar-refractivity contribution in [2.24, 2.45) is 11.8 Å². The average molecular weight is 511 g/mol. The Hall–Kier alpha value is -0.170. The molecule has 1 amide bonds. The van der Waals surface area contributed by atoms with Gasteiger partial charge >= 0.3 is 0 Å². The van der Waals surface area contributed by atoms with E-state index in [0.717, 1.165) is 12.8 Å². The number of halogens is 1. The Morgan fingerprint density at radius 2 is 1.97 bits per heavy atom. The van der Waals surface area contributed by atoms with Crippen LogP contribution in [0.25, 0.3) is 0 Å². The van der Waals surface area contributed by atoms with Crippen LogP contribution < -0.4 is 10.6 Å². The van der Waals surface area contributed by atoms with Crippen LogP contribution >= 0.6 is 23.4 Å². The molecular weight excluding hydrogens is 472 g/mol. The van der Waals surface area contributed by atoms with Gasteiger partial charge in [-0.05, 0) is 58.1 Å². The van der Waals surface area contributed by atoms with Gasteiger partial charge in [0.1, 0.15) is 35.9 Å². The molecule has 3 rings (SSSR count). The largest absolute Gasteiger partial charge is 0.390 e. The first-order valence-corrected chi connectivity index (χ1v) is 13.4. The van der Waals surface area contributed by atoms with Gasteiger partial charge in [-0.2, -0.15) is 0 Å². The highest BCUT2D eigenvalue weighted by molar-refractivity contribution is 7.99. The van der Waals surface area contributed by atoms with Crippen LogP contribution in [0.4, 0.5) is 0 Å². The van der Waals surface area contributed by atoms with Gasteiger partial charge in [0.2, 0.25) is 5.91 Å². The lowest BCUT2D eigenvalue weighted by atomic mass is 9.83. The van der Waals surface area contributed by atoms with E-state index in [1.54, 1.807) is 13.2 Å². The topological polar surface area (TPSA) is 141 Å². The highest BCUT2D eigenvalue weighted by Gasteiger charge is 2.49. The van der Waals surface area contributed by atoms with Crippen molar-refractivity contribution in [3.8, 4) is 0 Å². The van der Waals surface area contributed by atoms with Gasteiger partial charge in [-0.15, -0.1) is 23.4 Å². The molecule has 3 aliphatic heterocycles. The van der Waals surface area contributed by atoms with E-state index < -0.39 is 52.9 Å². The number of aliphatic hydroxyl groups excluding tert-OH is 3. The van der Waals surface area contributed by atoms with E-state index in [2.05, 4.69) is 10.6 Å². The van der Waals surface area contributed by atoms with E-state index in [0.29, 0.717) is 25.5 Å². The third-order valence-electron chi connectivity index (χ3n) is 6.93. The molecular formula is C22H39ClN2O7S. The summed E-state index contributed by atoms with van der Waals surface area (Å²) in [5, 5.41) is 46.7. The summed E-state index contributed by atoms with van der Waals surface area (Å²) in [5.74, 6) is 0.163. The van der Waals surface area contributed by atoms with Crippen molar-refractivity contribution >= 4 is 29.3 Å². The maximum absolute atomic E-state index is 13.3. The molecule has 3 heterocycles. The van der Waals surface area contributed by atoms with Crippen molar-refractivity contribution in [1.82, 2.24) is 10.6 Å². The van der Waals surface area contributed by atoms with Gasteiger partial charge in [-0.25, -0.2) is 0 Å². The second-order valence-corrected chi connectivity index (χ2v) is 11.9. The lowest BCUT2D eigenvalue weighted by Gasteiger charge is -2.44. The van der Waals surface area contributed by atoms with Crippen LogP contribution in [-0.2, 0) is 14.3 Å². The first-order chi connectivity index (χ1) is 15.4. The molecule has 3 saturated heterocycles. The minimum absolute atomic E-state index is 0.150. The van der Waals surface area contributed by atoms with Crippen molar-refractivity contribution in [2.45, 2.75) is 99.1 Å². The molecule has 0 bridgehead atoms. The van der Waals surface area contributed by atoms with Crippen LogP contribution in [0.3, 0.4) is 0 Å². The summed E-state index contributed by atoms with van der Waals surface area (Å²) in [4.78, 5) is 13.3. The third-order valence-corrected chi connectivity index (χ3v) is 8.06. The molecule has 0 radical (unpaired) electrons. The fourth-order valence-electron chi connectivity index (χ4n) is 5.36. The predicted molar refractivity (Wildman–Crippen MR) is 126 cm³/mol. The Morgan fingerprint density at radius 1 is 1.27 bits per heavy atom. The van der Waals surface area contributed by atoms with Crippen LogP contribution in [0.2, 0.25) is 0 Å². The number of ether oxygens (including phenoxy) is 2. The van der Waals surface area contributed by atoms with Gasteiger partial charge in [0.15, 0.2) is 0 Å². The maximum atomic E-state index is 13.3. The molecule has 0 aromatic carbocycles. The molecule has 3 aliphatic rings. The van der Waals surface area contributed by atoms with Crippen LogP contribution in [0.1, 0.15) is 40.0 Å². The van der Waals surface area contributed by atoms with Crippen molar-refractivity contribution in [2.75, 3.05) is 19.4 Å². The van der Waals surface area contributed by atoms with E-state index in [9.17, 15) is 25.2 Å². The quantitative estimate of drug-likeness (QED) is 0.257. The van der Waals surface area contributed by atoms with Crippen molar-refractivity contribution < 1.29 is 34.7 Å². The molecule has 2 unspecified atom stereocenters. The molecule has 0 aromatic rings. The molecule has 6 N–H and O–H groups in total. The number of aliphatic hydroxyl groups is 4. The summed E-state index contributed by atoms with van der Waals surface area (Å²) in [5.41, 5.74) is -1.50. The predicted octanol–water partition coefficient (Wildman–Crippen LogP) is -0.187. The van der Waals surface area contributed by atoms with E-state index in [1.807, 2.05) is 13.8 Å². The first kappa shape index (κ1) is 27.4. The molecule has 33 heavy (non-hydrogen) atoms. The number of amides is 1. The number of fused-ring (bicyclic) bond motifs is 1. The van der Waals surface area contributed by atoms with Crippen molar-refractivity contribution in [1.29, 1.82) is 0 Å².